The summed E-state index contributed by atoms with van der Waals surface area (Å²) in [6, 6.07) is 3.99. The maximum atomic E-state index is 11.0. The fourth-order valence-electron chi connectivity index (χ4n) is 2.78. The smallest absolute Gasteiger partial charge is 0.357 e. The van der Waals surface area contributed by atoms with E-state index in [9.17, 15) is 9.59 Å². The molecule has 0 saturated carbocycles. The summed E-state index contributed by atoms with van der Waals surface area (Å²) in [5.41, 5.74) is 0.884. The molecule has 2 N–H and O–H groups in total. The van der Waals surface area contributed by atoms with Crippen molar-refractivity contribution in [3.05, 3.63) is 48.4 Å². The number of nitrogens with zero attached hydrogens (tertiary/aromatic N) is 5. The molecule has 32 heavy (non-hydrogen) atoms. The van der Waals surface area contributed by atoms with E-state index < -0.39 is 18.0 Å². The molecule has 5 heterocycles. The number of carbonyl (C=O) groups is 2. The summed E-state index contributed by atoms with van der Waals surface area (Å²) in [6.45, 7) is -0.0778. The molecule has 13 nitrogen and oxygen atoms in total. The highest BCUT2D eigenvalue weighted by Crippen LogP contribution is 2.26. The SMILES string of the molecule is O=C(O)c1coc(-c2coc(-c3cccc(-c4nc(C5=NC(C(=O)O)CO5)co4)n3)n2)n1. The van der Waals surface area contributed by atoms with Crippen LogP contribution in [0.15, 0.2) is 55.2 Å². The monoisotopic (exact) mass is 437 g/mol. The van der Waals surface area contributed by atoms with Crippen LogP contribution in [0, 0.1) is 0 Å². The Morgan fingerprint density at radius 3 is 2.06 bits per heavy atom. The molecule has 4 aromatic heterocycles. The second-order valence-electron chi connectivity index (χ2n) is 6.43. The highest BCUT2D eigenvalue weighted by molar-refractivity contribution is 5.95. The molecule has 13 heteroatoms. The minimum absolute atomic E-state index is 0.0112. The Labute approximate surface area is 177 Å². The van der Waals surface area contributed by atoms with Crippen LogP contribution in [0.3, 0.4) is 0 Å². The van der Waals surface area contributed by atoms with Gasteiger partial charge in [-0.15, -0.1) is 0 Å². The summed E-state index contributed by atoms with van der Waals surface area (Å²) in [7, 11) is 0. The van der Waals surface area contributed by atoms with Crippen molar-refractivity contribution < 1.29 is 37.8 Å². The van der Waals surface area contributed by atoms with Crippen molar-refractivity contribution in [1.82, 2.24) is 19.9 Å². The van der Waals surface area contributed by atoms with E-state index in [1.807, 2.05) is 0 Å². The first-order valence-corrected chi connectivity index (χ1v) is 9.00. The van der Waals surface area contributed by atoms with E-state index in [-0.39, 0.29) is 47.3 Å². The molecule has 1 atom stereocenters. The van der Waals surface area contributed by atoms with Crippen LogP contribution in [0.4, 0.5) is 0 Å². The van der Waals surface area contributed by atoms with Crippen LogP contribution in [0.1, 0.15) is 16.2 Å². The van der Waals surface area contributed by atoms with Gasteiger partial charge in [0, 0.05) is 0 Å². The number of carboxylic acids is 2. The molecule has 1 aliphatic rings. The molecule has 0 spiro atoms. The molecule has 0 fully saturated rings. The zero-order chi connectivity index (χ0) is 22.2. The van der Waals surface area contributed by atoms with Gasteiger partial charge < -0.3 is 28.2 Å². The van der Waals surface area contributed by atoms with Crippen LogP contribution >= 0.6 is 0 Å². The van der Waals surface area contributed by atoms with Gasteiger partial charge in [-0.1, -0.05) is 6.07 Å². The number of hydrogen-bond acceptors (Lipinski definition) is 11. The molecule has 1 unspecified atom stereocenters. The second kappa shape index (κ2) is 7.46. The molecule has 0 bridgehead atoms. The van der Waals surface area contributed by atoms with Gasteiger partial charge >= 0.3 is 11.9 Å². The summed E-state index contributed by atoms with van der Waals surface area (Å²) in [5.74, 6) is -1.97. The number of aliphatic carboxylic acids is 1. The molecule has 0 saturated heterocycles. The molecule has 4 aromatic rings. The van der Waals surface area contributed by atoms with Crippen LogP contribution in [0.2, 0.25) is 0 Å². The molecule has 0 aromatic carbocycles. The van der Waals surface area contributed by atoms with E-state index >= 15 is 0 Å². The summed E-state index contributed by atoms with van der Waals surface area (Å²) >= 11 is 0. The van der Waals surface area contributed by atoms with Crippen LogP contribution in [0.5, 0.6) is 0 Å². The van der Waals surface area contributed by atoms with Crippen molar-refractivity contribution in [3.63, 3.8) is 0 Å². The Morgan fingerprint density at radius 1 is 0.812 bits per heavy atom. The second-order valence-corrected chi connectivity index (χ2v) is 6.43. The number of oxazole rings is 3. The number of pyridine rings is 1. The largest absolute Gasteiger partial charge is 0.480 e. The van der Waals surface area contributed by atoms with Gasteiger partial charge in [-0.25, -0.2) is 34.5 Å². The number of ether oxygens (including phenoxy) is 1. The van der Waals surface area contributed by atoms with Gasteiger partial charge in [-0.3, -0.25) is 0 Å². The van der Waals surface area contributed by atoms with Gasteiger partial charge in [0.15, 0.2) is 23.1 Å². The maximum absolute atomic E-state index is 11.0. The van der Waals surface area contributed by atoms with Crippen molar-refractivity contribution >= 4 is 17.8 Å². The van der Waals surface area contributed by atoms with Crippen molar-refractivity contribution in [2.24, 2.45) is 4.99 Å². The van der Waals surface area contributed by atoms with E-state index in [2.05, 4.69) is 24.9 Å². The number of hydrogen-bond donors (Lipinski definition) is 2. The highest BCUT2D eigenvalue weighted by Gasteiger charge is 2.28. The molecule has 0 amide bonds. The van der Waals surface area contributed by atoms with Gasteiger partial charge in [0.25, 0.3) is 0 Å². The molecule has 0 radical (unpaired) electrons. The van der Waals surface area contributed by atoms with Gasteiger partial charge in [0.2, 0.25) is 23.6 Å². The van der Waals surface area contributed by atoms with Gasteiger partial charge in [-0.2, -0.15) is 0 Å². The molecular formula is C19H11N5O8. The quantitative estimate of drug-likeness (QED) is 0.447. The lowest BCUT2D eigenvalue weighted by Gasteiger charge is -1.98. The zero-order valence-electron chi connectivity index (χ0n) is 15.8. The lowest BCUT2D eigenvalue weighted by molar-refractivity contribution is -0.138. The van der Waals surface area contributed by atoms with Crippen LogP contribution in [-0.2, 0) is 9.53 Å². The topological polar surface area (TPSA) is 187 Å². The number of carboxylic acid groups (broad SMARTS) is 2. The average molecular weight is 437 g/mol. The Morgan fingerprint density at radius 2 is 1.44 bits per heavy atom. The van der Waals surface area contributed by atoms with E-state index in [4.69, 9.17) is 28.2 Å². The summed E-state index contributed by atoms with van der Waals surface area (Å²) in [6.07, 6.45) is 3.56. The molecule has 160 valence electrons. The van der Waals surface area contributed by atoms with E-state index in [1.165, 1.54) is 12.5 Å². The third-order valence-corrected chi connectivity index (χ3v) is 4.29. The molecular weight excluding hydrogens is 426 g/mol. The number of aliphatic imine (C=N–C) groups is 1. The van der Waals surface area contributed by atoms with Gasteiger partial charge in [0.05, 0.1) is 0 Å². The fraction of sp³-hybridized carbons (Fsp3) is 0.105. The Kier molecular flexibility index (Phi) is 4.47. The van der Waals surface area contributed by atoms with Crippen LogP contribution in [-0.4, -0.2) is 60.6 Å². The van der Waals surface area contributed by atoms with E-state index in [1.54, 1.807) is 18.2 Å². The van der Waals surface area contributed by atoms with Crippen LogP contribution < -0.4 is 0 Å². The first-order valence-electron chi connectivity index (χ1n) is 9.00. The zero-order valence-corrected chi connectivity index (χ0v) is 15.8. The molecule has 1 aliphatic heterocycles. The third kappa shape index (κ3) is 3.47. The Balaban J connectivity index is 1.40. The average Bonchev–Trinajstić information content (AvgIpc) is 3.59. The van der Waals surface area contributed by atoms with Crippen molar-refractivity contribution in [1.29, 1.82) is 0 Å². The Bertz CT molecular complexity index is 1370. The fourth-order valence-corrected chi connectivity index (χ4v) is 2.78. The maximum Gasteiger partial charge on any atom is 0.357 e. The van der Waals surface area contributed by atoms with Crippen molar-refractivity contribution in [2.75, 3.05) is 6.61 Å². The third-order valence-electron chi connectivity index (χ3n) is 4.29. The van der Waals surface area contributed by atoms with Crippen molar-refractivity contribution in [3.8, 4) is 34.8 Å². The summed E-state index contributed by atoms with van der Waals surface area (Å²) in [5, 5.41) is 18.0. The predicted octanol–water partition coefficient (Wildman–Crippen LogP) is 1.97. The number of rotatable bonds is 6. The minimum atomic E-state index is -1.23. The first kappa shape index (κ1) is 19.2. The van der Waals surface area contributed by atoms with Gasteiger partial charge in [-0.05, 0) is 12.1 Å². The molecule has 5 rings (SSSR count). The minimum Gasteiger partial charge on any atom is -0.480 e. The lowest BCUT2D eigenvalue weighted by Crippen LogP contribution is -2.18. The predicted molar refractivity (Wildman–Crippen MR) is 102 cm³/mol. The Hall–Kier alpha value is -4.81. The first-order chi connectivity index (χ1) is 15.5. The van der Waals surface area contributed by atoms with E-state index in [0.29, 0.717) is 11.4 Å². The van der Waals surface area contributed by atoms with Crippen molar-refractivity contribution in [2.45, 2.75) is 6.04 Å². The summed E-state index contributed by atoms with van der Waals surface area (Å²) in [4.78, 5) is 42.6. The number of aromatic carboxylic acids is 1. The van der Waals surface area contributed by atoms with E-state index in [0.717, 1.165) is 6.26 Å². The molecule has 0 aliphatic carbocycles. The van der Waals surface area contributed by atoms with Gasteiger partial charge in [0.1, 0.15) is 36.8 Å². The summed E-state index contributed by atoms with van der Waals surface area (Å²) < 4.78 is 21.2. The normalized spacial score (nSPS) is 15.4. The number of aromatic nitrogens is 4. The lowest BCUT2D eigenvalue weighted by atomic mass is 10.3. The highest BCUT2D eigenvalue weighted by atomic mass is 16.5. The van der Waals surface area contributed by atoms with Crippen LogP contribution in [0.25, 0.3) is 34.8 Å². The standard InChI is InChI=1S/C19H11N5O8/c25-18(26)12-6-31-16(23-12)10-4-29-14(21-10)8-2-1-3-9(20-8)15-22-11(5-30-15)17-24-13(7-32-17)19(27)28/h1-6,13H,7H2,(H,25,26)(H,27,28).